The Kier molecular flexibility index (Phi) is 11.2. The Morgan fingerprint density at radius 1 is 0.525 bits per heavy atom. The van der Waals surface area contributed by atoms with Gasteiger partial charge in [-0.2, -0.15) is 0 Å². The quantitative estimate of drug-likeness (QED) is 0.165. The van der Waals surface area contributed by atoms with Crippen molar-refractivity contribution in [2.24, 2.45) is 28.1 Å². The minimum absolute atomic E-state index is 0.109. The first-order valence-electron chi connectivity index (χ1n) is 18.1. The number of alkyl halides is 2. The summed E-state index contributed by atoms with van der Waals surface area (Å²) in [6.45, 7) is 6.48. The van der Waals surface area contributed by atoms with E-state index in [2.05, 4.69) is 13.8 Å². The smallest absolute Gasteiger partial charge is 0.130 e. The molecule has 5 fully saturated rings. The second kappa shape index (κ2) is 14.1. The third kappa shape index (κ3) is 5.36. The zero-order chi connectivity index (χ0) is 28.1. The summed E-state index contributed by atoms with van der Waals surface area (Å²) in [6.07, 6.45) is 31.9. The summed E-state index contributed by atoms with van der Waals surface area (Å²) >= 11 is 15.7. The fraction of sp³-hybridized carbons (Fsp3) is 1.00. The van der Waals surface area contributed by atoms with Crippen LogP contribution in [0.1, 0.15) is 168 Å². The number of halogens is 2. The molecule has 232 valence electrons. The van der Waals surface area contributed by atoms with Gasteiger partial charge in [0.15, 0.2) is 0 Å². The highest BCUT2D eigenvalue weighted by atomic mass is 35.5. The zero-order valence-corrected chi connectivity index (χ0v) is 27.8. The lowest BCUT2D eigenvalue weighted by Gasteiger charge is -2.84. The molecule has 4 heteroatoms. The maximum atomic E-state index is 7.87. The van der Waals surface area contributed by atoms with Crippen molar-refractivity contribution >= 4 is 23.2 Å². The molecule has 0 bridgehead atoms. The first-order chi connectivity index (χ1) is 19.5. The van der Waals surface area contributed by atoms with Gasteiger partial charge in [0.1, 0.15) is 4.33 Å². The molecular formula is C36H62Cl2O2. The van der Waals surface area contributed by atoms with Crippen LogP contribution in [0.5, 0.6) is 0 Å². The van der Waals surface area contributed by atoms with Gasteiger partial charge >= 0.3 is 0 Å². The van der Waals surface area contributed by atoms with Gasteiger partial charge in [0.05, 0.1) is 12.2 Å². The van der Waals surface area contributed by atoms with Crippen molar-refractivity contribution in [3.8, 4) is 0 Å². The molecule has 0 saturated heterocycles. The van der Waals surface area contributed by atoms with E-state index in [0.29, 0.717) is 17.6 Å². The summed E-state index contributed by atoms with van der Waals surface area (Å²) in [5.74, 6) is 1.52. The normalized spacial score (nSPS) is 34.5. The Balaban J connectivity index is 1.41. The van der Waals surface area contributed by atoms with E-state index in [1.165, 1.54) is 154 Å². The molecule has 0 unspecified atom stereocenters. The summed E-state index contributed by atoms with van der Waals surface area (Å²) < 4.78 is 12.4. The number of hydrogen-bond acceptors (Lipinski definition) is 2. The molecule has 0 atom stereocenters. The summed E-state index contributed by atoms with van der Waals surface area (Å²) in [6, 6.07) is 0. The molecule has 2 spiro atoms. The van der Waals surface area contributed by atoms with Crippen LogP contribution in [0.25, 0.3) is 0 Å². The van der Waals surface area contributed by atoms with Crippen LogP contribution in [-0.2, 0) is 9.47 Å². The molecule has 40 heavy (non-hydrogen) atoms. The number of hydrogen-bond donors (Lipinski definition) is 0. The predicted molar refractivity (Wildman–Crippen MR) is 170 cm³/mol. The van der Waals surface area contributed by atoms with Crippen LogP contribution >= 0.6 is 23.2 Å². The van der Waals surface area contributed by atoms with Crippen molar-refractivity contribution in [2.75, 3.05) is 13.2 Å². The van der Waals surface area contributed by atoms with Crippen LogP contribution in [0.3, 0.4) is 0 Å². The van der Waals surface area contributed by atoms with Crippen molar-refractivity contribution in [3.05, 3.63) is 0 Å². The van der Waals surface area contributed by atoms with Crippen molar-refractivity contribution in [1.29, 1.82) is 0 Å². The molecule has 0 amide bonds. The molecule has 5 rings (SSSR count). The predicted octanol–water partition coefficient (Wildman–Crippen LogP) is 11.6. The maximum absolute atomic E-state index is 7.87. The number of unbranched alkanes of at least 4 members (excludes halogenated alkanes) is 4. The van der Waals surface area contributed by atoms with Crippen LogP contribution in [0.4, 0.5) is 0 Å². The largest absolute Gasteiger partial charge is 0.378 e. The van der Waals surface area contributed by atoms with E-state index in [1.54, 1.807) is 0 Å². The lowest BCUT2D eigenvalue weighted by Crippen LogP contribution is -2.83. The van der Waals surface area contributed by atoms with Gasteiger partial charge in [-0.05, 0) is 107 Å². The van der Waals surface area contributed by atoms with E-state index >= 15 is 0 Å². The highest BCUT2D eigenvalue weighted by molar-refractivity contribution is 6.50. The van der Waals surface area contributed by atoms with Gasteiger partial charge in [-0.1, -0.05) is 78.1 Å². The molecule has 0 heterocycles. The standard InChI is InChI=1S/C36H62Cl2O2/c1-3-5-13-27-39-31-19-15-29(16-20-31)35(30-17-21-32(22-18-30)40-28-14-6-4-2)33(23-9-7-10-24-33)36(37,38)34(35)25-11-8-12-26-34/h29-32H,3-28H2,1-2H3. The number of rotatable bonds is 12. The van der Waals surface area contributed by atoms with Crippen LogP contribution in [0, 0.1) is 28.1 Å². The van der Waals surface area contributed by atoms with Gasteiger partial charge in [-0.25, -0.2) is 0 Å². The summed E-state index contributed by atoms with van der Waals surface area (Å²) in [7, 11) is 0. The number of ether oxygens (including phenoxy) is 2. The van der Waals surface area contributed by atoms with Crippen molar-refractivity contribution < 1.29 is 9.47 Å². The van der Waals surface area contributed by atoms with Crippen LogP contribution < -0.4 is 0 Å². The van der Waals surface area contributed by atoms with Crippen molar-refractivity contribution in [1.82, 2.24) is 0 Å². The molecule has 0 aromatic heterocycles. The molecule has 0 aliphatic heterocycles. The molecule has 5 aliphatic carbocycles. The molecule has 0 aromatic carbocycles. The van der Waals surface area contributed by atoms with Gasteiger partial charge in [-0.15, -0.1) is 23.2 Å². The third-order valence-corrected chi connectivity index (χ3v) is 14.5. The Morgan fingerprint density at radius 2 is 0.900 bits per heavy atom. The van der Waals surface area contributed by atoms with Gasteiger partial charge in [0.2, 0.25) is 0 Å². The monoisotopic (exact) mass is 596 g/mol. The van der Waals surface area contributed by atoms with Gasteiger partial charge in [-0.3, -0.25) is 0 Å². The van der Waals surface area contributed by atoms with E-state index in [1.807, 2.05) is 0 Å². The fourth-order valence-corrected chi connectivity index (χ4v) is 13.0. The van der Waals surface area contributed by atoms with E-state index in [9.17, 15) is 0 Å². The molecule has 0 aromatic rings. The second-order valence-corrected chi connectivity index (χ2v) is 16.2. The van der Waals surface area contributed by atoms with Gasteiger partial charge in [0, 0.05) is 24.0 Å². The first kappa shape index (κ1) is 31.9. The summed E-state index contributed by atoms with van der Waals surface area (Å²) in [5.41, 5.74) is 0.528. The lowest BCUT2D eigenvalue weighted by atomic mass is 9.24. The first-order valence-corrected chi connectivity index (χ1v) is 18.9. The molecular weight excluding hydrogens is 535 g/mol. The molecule has 5 saturated carbocycles. The van der Waals surface area contributed by atoms with Crippen molar-refractivity contribution in [2.45, 2.75) is 184 Å². The average molecular weight is 598 g/mol. The highest BCUT2D eigenvalue weighted by Gasteiger charge is 2.87. The van der Waals surface area contributed by atoms with E-state index in [4.69, 9.17) is 32.7 Å². The molecule has 2 nitrogen and oxygen atoms in total. The van der Waals surface area contributed by atoms with E-state index in [-0.39, 0.29) is 10.8 Å². The average Bonchev–Trinajstić information content (AvgIpc) is 3.00. The second-order valence-electron chi connectivity index (χ2n) is 14.8. The Labute approximate surface area is 257 Å². The minimum atomic E-state index is -0.554. The van der Waals surface area contributed by atoms with E-state index in [0.717, 1.165) is 25.0 Å². The van der Waals surface area contributed by atoms with Gasteiger partial charge < -0.3 is 9.47 Å². The van der Waals surface area contributed by atoms with Crippen LogP contribution in [-0.4, -0.2) is 29.8 Å². The topological polar surface area (TPSA) is 18.5 Å². The van der Waals surface area contributed by atoms with Crippen molar-refractivity contribution in [3.63, 3.8) is 0 Å². The molecule has 0 N–H and O–H groups in total. The van der Waals surface area contributed by atoms with Gasteiger partial charge in [0.25, 0.3) is 0 Å². The Hall–Kier alpha value is 0.500. The van der Waals surface area contributed by atoms with Crippen LogP contribution in [0.15, 0.2) is 0 Å². The third-order valence-electron chi connectivity index (χ3n) is 13.0. The maximum Gasteiger partial charge on any atom is 0.130 e. The van der Waals surface area contributed by atoms with Crippen LogP contribution in [0.2, 0.25) is 0 Å². The SMILES string of the molecule is CCCCCOC1CCC(C2(C3CCC(OCCCCC)CC3)C3(CCCCC3)C(Cl)(Cl)C23CCCCC3)CC1. The Bertz CT molecular complexity index is 691. The molecule has 5 aliphatic rings. The molecule has 0 radical (unpaired) electrons. The minimum Gasteiger partial charge on any atom is -0.378 e. The highest BCUT2D eigenvalue weighted by Crippen LogP contribution is 2.90. The van der Waals surface area contributed by atoms with E-state index < -0.39 is 4.33 Å². The lowest BCUT2D eigenvalue weighted by molar-refractivity contribution is -0.323. The zero-order valence-electron chi connectivity index (χ0n) is 26.3. The summed E-state index contributed by atoms with van der Waals surface area (Å²) in [5, 5.41) is 0. The summed E-state index contributed by atoms with van der Waals surface area (Å²) in [4.78, 5) is 0. The Morgan fingerprint density at radius 3 is 1.25 bits per heavy atom. The fourth-order valence-electron chi connectivity index (χ4n) is 11.6.